The Morgan fingerprint density at radius 2 is 1.48 bits per heavy atom. The third-order valence-electron chi connectivity index (χ3n) is 5.11. The van der Waals surface area contributed by atoms with Crippen molar-refractivity contribution in [2.24, 2.45) is 0 Å². The zero-order valence-corrected chi connectivity index (χ0v) is 16.9. The summed E-state index contributed by atoms with van der Waals surface area (Å²) < 4.78 is 9.73. The molecule has 0 amide bonds. The number of cyclic esters (lactones) is 1. The SMILES string of the molecule is CCCCCCCCCCCCCC/C=C1/C[C@](C=O)(COC=O)OC1=O. The molecule has 1 fully saturated rings. The van der Waals surface area contributed by atoms with Gasteiger partial charge in [-0.3, -0.25) is 9.59 Å². The maximum Gasteiger partial charge on any atom is 0.334 e. The van der Waals surface area contributed by atoms with Crippen molar-refractivity contribution < 1.29 is 23.9 Å². The van der Waals surface area contributed by atoms with Crippen molar-refractivity contribution in [1.82, 2.24) is 0 Å². The number of rotatable bonds is 17. The van der Waals surface area contributed by atoms with Crippen LogP contribution < -0.4 is 0 Å². The molecular formula is C22H36O5. The molecule has 0 saturated carbocycles. The monoisotopic (exact) mass is 380 g/mol. The number of esters is 1. The maximum absolute atomic E-state index is 11.9. The molecule has 0 aromatic carbocycles. The standard InChI is InChI=1S/C22H36O5/c1-2-3-4-5-6-7-8-9-10-11-12-13-14-15-20-16-22(17-23,18-26-19-24)27-21(20)25/h15,17,19H,2-14,16,18H2,1H3/b20-15-/t22-/m0/s1. The number of allylic oxidation sites excluding steroid dienone is 1. The molecule has 0 N–H and O–H groups in total. The maximum atomic E-state index is 11.9. The van der Waals surface area contributed by atoms with Crippen LogP contribution in [0.4, 0.5) is 0 Å². The molecule has 1 heterocycles. The van der Waals surface area contributed by atoms with E-state index >= 15 is 0 Å². The Kier molecular flexibility index (Phi) is 12.5. The van der Waals surface area contributed by atoms with Gasteiger partial charge < -0.3 is 9.47 Å². The van der Waals surface area contributed by atoms with Crippen LogP contribution in [0.5, 0.6) is 0 Å². The third-order valence-corrected chi connectivity index (χ3v) is 5.11. The van der Waals surface area contributed by atoms with E-state index in [9.17, 15) is 14.4 Å². The second-order valence-electron chi connectivity index (χ2n) is 7.56. The van der Waals surface area contributed by atoms with Crippen LogP contribution in [0.2, 0.25) is 0 Å². The van der Waals surface area contributed by atoms with Crippen LogP contribution in [-0.2, 0) is 23.9 Å². The predicted molar refractivity (Wildman–Crippen MR) is 105 cm³/mol. The molecule has 0 radical (unpaired) electrons. The minimum Gasteiger partial charge on any atom is -0.463 e. The first kappa shape index (κ1) is 23.4. The largest absolute Gasteiger partial charge is 0.463 e. The molecule has 5 nitrogen and oxygen atoms in total. The van der Waals surface area contributed by atoms with Gasteiger partial charge in [0.25, 0.3) is 6.47 Å². The van der Waals surface area contributed by atoms with Crippen molar-refractivity contribution in [3.8, 4) is 0 Å². The van der Waals surface area contributed by atoms with Gasteiger partial charge in [0.2, 0.25) is 5.60 Å². The zero-order valence-electron chi connectivity index (χ0n) is 16.9. The van der Waals surface area contributed by atoms with Crippen molar-refractivity contribution in [2.75, 3.05) is 6.61 Å². The quantitative estimate of drug-likeness (QED) is 0.153. The van der Waals surface area contributed by atoms with E-state index in [1.807, 2.05) is 6.08 Å². The number of aldehydes is 1. The lowest BCUT2D eigenvalue weighted by molar-refractivity contribution is -0.159. The van der Waals surface area contributed by atoms with E-state index in [0.717, 1.165) is 19.3 Å². The third kappa shape index (κ3) is 9.73. The van der Waals surface area contributed by atoms with Crippen LogP contribution in [0.3, 0.4) is 0 Å². The van der Waals surface area contributed by atoms with Crippen LogP contribution >= 0.6 is 0 Å². The number of ether oxygens (including phenoxy) is 2. The lowest BCUT2D eigenvalue weighted by atomic mass is 9.99. The van der Waals surface area contributed by atoms with Gasteiger partial charge in [0.05, 0.1) is 0 Å². The molecule has 0 aromatic heterocycles. The second-order valence-corrected chi connectivity index (χ2v) is 7.56. The fraction of sp³-hybridized carbons (Fsp3) is 0.773. The minimum absolute atomic E-state index is 0.182. The fourth-order valence-corrected chi connectivity index (χ4v) is 3.45. The Balaban J connectivity index is 2.06. The molecular weight excluding hydrogens is 344 g/mol. The highest BCUT2D eigenvalue weighted by Crippen LogP contribution is 2.30. The first-order valence-corrected chi connectivity index (χ1v) is 10.6. The Hall–Kier alpha value is -1.65. The highest BCUT2D eigenvalue weighted by Gasteiger charge is 2.44. The van der Waals surface area contributed by atoms with Crippen LogP contribution in [0.1, 0.15) is 96.8 Å². The summed E-state index contributed by atoms with van der Waals surface area (Å²) in [4.78, 5) is 33.4. The van der Waals surface area contributed by atoms with Gasteiger partial charge in [0, 0.05) is 12.0 Å². The molecule has 1 rings (SSSR count). The first-order chi connectivity index (χ1) is 13.2. The Morgan fingerprint density at radius 3 is 2.00 bits per heavy atom. The molecule has 1 aliphatic rings. The first-order valence-electron chi connectivity index (χ1n) is 10.6. The molecule has 0 aliphatic carbocycles. The summed E-state index contributed by atoms with van der Waals surface area (Å²) in [5, 5.41) is 0. The van der Waals surface area contributed by atoms with E-state index in [1.54, 1.807) is 0 Å². The van der Waals surface area contributed by atoms with Crippen molar-refractivity contribution in [1.29, 1.82) is 0 Å². The predicted octanol–water partition coefficient (Wildman–Crippen LogP) is 5.06. The van der Waals surface area contributed by atoms with Crippen molar-refractivity contribution >= 4 is 18.7 Å². The molecule has 1 aliphatic heterocycles. The molecule has 1 atom stereocenters. The summed E-state index contributed by atoms with van der Waals surface area (Å²) in [5.74, 6) is -0.476. The van der Waals surface area contributed by atoms with E-state index in [4.69, 9.17) is 4.74 Å². The van der Waals surface area contributed by atoms with Gasteiger partial charge in [0.15, 0.2) is 6.29 Å². The fourth-order valence-electron chi connectivity index (χ4n) is 3.45. The molecule has 0 bridgehead atoms. The van der Waals surface area contributed by atoms with Crippen LogP contribution in [0.15, 0.2) is 11.6 Å². The van der Waals surface area contributed by atoms with Gasteiger partial charge in [-0.15, -0.1) is 0 Å². The molecule has 5 heteroatoms. The topological polar surface area (TPSA) is 69.7 Å². The average molecular weight is 381 g/mol. The molecule has 27 heavy (non-hydrogen) atoms. The Labute approximate surface area is 163 Å². The second kappa shape index (κ2) is 14.4. The minimum atomic E-state index is -1.33. The molecule has 154 valence electrons. The zero-order chi connectivity index (χ0) is 19.8. The molecule has 0 unspecified atom stereocenters. The summed E-state index contributed by atoms with van der Waals surface area (Å²) in [6.45, 7) is 2.29. The van der Waals surface area contributed by atoms with Crippen molar-refractivity contribution in [3.63, 3.8) is 0 Å². The normalized spacial score (nSPS) is 20.6. The van der Waals surface area contributed by atoms with Gasteiger partial charge in [-0.05, 0) is 12.8 Å². The summed E-state index contributed by atoms with van der Waals surface area (Å²) in [7, 11) is 0. The van der Waals surface area contributed by atoms with Crippen LogP contribution in [0, 0.1) is 0 Å². The van der Waals surface area contributed by atoms with E-state index in [0.29, 0.717) is 11.9 Å². The molecule has 0 spiro atoms. The smallest absolute Gasteiger partial charge is 0.334 e. The van der Waals surface area contributed by atoms with Gasteiger partial charge >= 0.3 is 5.97 Å². The van der Waals surface area contributed by atoms with Crippen LogP contribution in [-0.4, -0.2) is 30.9 Å². The Bertz CT molecular complexity index is 471. The summed E-state index contributed by atoms with van der Waals surface area (Å²) >= 11 is 0. The van der Waals surface area contributed by atoms with Gasteiger partial charge in [-0.1, -0.05) is 83.6 Å². The molecule has 0 aromatic rings. The van der Waals surface area contributed by atoms with E-state index in [-0.39, 0.29) is 19.5 Å². The highest BCUT2D eigenvalue weighted by molar-refractivity contribution is 5.94. The molecule has 1 saturated heterocycles. The summed E-state index contributed by atoms with van der Waals surface area (Å²) in [6, 6.07) is 0. The van der Waals surface area contributed by atoms with E-state index < -0.39 is 11.6 Å². The van der Waals surface area contributed by atoms with E-state index in [2.05, 4.69) is 11.7 Å². The summed E-state index contributed by atoms with van der Waals surface area (Å²) in [6.07, 6.45) is 19.0. The average Bonchev–Trinajstić information content (AvgIpc) is 3.00. The number of unbranched alkanes of at least 4 members (excludes halogenated alkanes) is 12. The van der Waals surface area contributed by atoms with Crippen molar-refractivity contribution in [3.05, 3.63) is 11.6 Å². The lowest BCUT2D eigenvalue weighted by Crippen LogP contribution is -2.36. The van der Waals surface area contributed by atoms with Gasteiger partial charge in [-0.2, -0.15) is 0 Å². The lowest BCUT2D eigenvalue weighted by Gasteiger charge is -2.18. The van der Waals surface area contributed by atoms with Crippen LogP contribution in [0.25, 0.3) is 0 Å². The number of hydrogen-bond donors (Lipinski definition) is 0. The van der Waals surface area contributed by atoms with Gasteiger partial charge in [-0.25, -0.2) is 4.79 Å². The number of hydrogen-bond acceptors (Lipinski definition) is 5. The summed E-state index contributed by atoms with van der Waals surface area (Å²) in [5.41, 5.74) is -0.819. The van der Waals surface area contributed by atoms with E-state index in [1.165, 1.54) is 64.2 Å². The number of carbonyl (C=O) groups excluding carboxylic acids is 3. The van der Waals surface area contributed by atoms with Crippen molar-refractivity contribution in [2.45, 2.75) is 102 Å². The number of carbonyl (C=O) groups is 3. The van der Waals surface area contributed by atoms with Gasteiger partial charge in [0.1, 0.15) is 6.61 Å². The Morgan fingerprint density at radius 1 is 0.926 bits per heavy atom. The highest BCUT2D eigenvalue weighted by atomic mass is 16.6.